The van der Waals surface area contributed by atoms with E-state index in [1.165, 1.54) is 0 Å². The quantitative estimate of drug-likeness (QED) is 0.691. The summed E-state index contributed by atoms with van der Waals surface area (Å²) >= 11 is 0. The molecule has 1 aliphatic rings. The number of esters is 1. The lowest BCUT2D eigenvalue weighted by atomic mass is 10.1. The Bertz CT molecular complexity index is 810. The third-order valence-corrected chi connectivity index (χ3v) is 4.79. The average molecular weight is 397 g/mol. The number of rotatable bonds is 8. The van der Waals surface area contributed by atoms with E-state index in [2.05, 4.69) is 5.32 Å². The molecule has 0 saturated carbocycles. The van der Waals surface area contributed by atoms with Crippen molar-refractivity contribution in [2.45, 2.75) is 45.4 Å². The van der Waals surface area contributed by atoms with Crippen LogP contribution in [0.2, 0.25) is 0 Å². The first-order valence-corrected chi connectivity index (χ1v) is 9.90. The van der Waals surface area contributed by atoms with Gasteiger partial charge >= 0.3 is 5.97 Å². The molecule has 0 aromatic heterocycles. The van der Waals surface area contributed by atoms with E-state index in [9.17, 15) is 9.59 Å². The predicted octanol–water partition coefficient (Wildman–Crippen LogP) is 3.41. The van der Waals surface area contributed by atoms with Crippen LogP contribution >= 0.6 is 0 Å². The van der Waals surface area contributed by atoms with Gasteiger partial charge in [0.2, 0.25) is 0 Å². The van der Waals surface area contributed by atoms with Crippen molar-refractivity contribution in [1.82, 2.24) is 5.32 Å². The van der Waals surface area contributed by atoms with Gasteiger partial charge in [0.15, 0.2) is 6.10 Å². The highest BCUT2D eigenvalue weighted by Crippen LogP contribution is 2.17. The second kappa shape index (κ2) is 10.1. The van der Waals surface area contributed by atoms with Crippen molar-refractivity contribution in [3.63, 3.8) is 0 Å². The second-order valence-electron chi connectivity index (χ2n) is 7.22. The lowest BCUT2D eigenvalue weighted by Crippen LogP contribution is -2.35. The van der Waals surface area contributed by atoms with Gasteiger partial charge in [0.05, 0.1) is 11.7 Å². The number of hydrogen-bond acceptors (Lipinski definition) is 5. The fourth-order valence-electron chi connectivity index (χ4n) is 2.97. The zero-order chi connectivity index (χ0) is 20.6. The molecule has 1 aliphatic heterocycles. The SMILES string of the molecule is Cc1ccc(CNC(=O)[C@@H](C)OC(=O)c2ccc(OC[C@@H]3CCCO3)cc2)cc1. The molecule has 154 valence electrons. The minimum atomic E-state index is -0.886. The number of benzene rings is 2. The summed E-state index contributed by atoms with van der Waals surface area (Å²) in [5, 5.41) is 2.78. The van der Waals surface area contributed by atoms with Crippen molar-refractivity contribution >= 4 is 11.9 Å². The normalized spacial score (nSPS) is 16.8. The van der Waals surface area contributed by atoms with Gasteiger partial charge < -0.3 is 19.5 Å². The number of carbonyl (C=O) groups is 2. The lowest BCUT2D eigenvalue weighted by molar-refractivity contribution is -0.129. The van der Waals surface area contributed by atoms with E-state index < -0.39 is 12.1 Å². The third kappa shape index (κ3) is 6.32. The number of hydrogen-bond donors (Lipinski definition) is 1. The summed E-state index contributed by atoms with van der Waals surface area (Å²) in [5.74, 6) is -0.218. The molecule has 1 heterocycles. The molecule has 2 aromatic carbocycles. The molecule has 29 heavy (non-hydrogen) atoms. The first kappa shape index (κ1) is 20.9. The maximum atomic E-state index is 12.3. The molecule has 6 nitrogen and oxygen atoms in total. The van der Waals surface area contributed by atoms with Crippen molar-refractivity contribution in [1.29, 1.82) is 0 Å². The monoisotopic (exact) mass is 397 g/mol. The highest BCUT2D eigenvalue weighted by atomic mass is 16.5. The molecule has 1 N–H and O–H groups in total. The Morgan fingerprint density at radius 1 is 1.14 bits per heavy atom. The first-order chi connectivity index (χ1) is 14.0. The summed E-state index contributed by atoms with van der Waals surface area (Å²) in [4.78, 5) is 24.5. The van der Waals surface area contributed by atoms with Gasteiger partial charge in [0.25, 0.3) is 5.91 Å². The van der Waals surface area contributed by atoms with Gasteiger partial charge in [0.1, 0.15) is 12.4 Å². The standard InChI is InChI=1S/C23H27NO5/c1-16-5-7-18(8-6-16)14-24-22(25)17(2)29-23(26)19-9-11-20(12-10-19)28-15-21-4-3-13-27-21/h5-12,17,21H,3-4,13-15H2,1-2H3,(H,24,25)/t17-,21+/m1/s1. The Labute approximate surface area is 171 Å². The van der Waals surface area contributed by atoms with Gasteiger partial charge in [-0.05, 0) is 56.5 Å². The zero-order valence-electron chi connectivity index (χ0n) is 16.9. The second-order valence-corrected chi connectivity index (χ2v) is 7.22. The first-order valence-electron chi connectivity index (χ1n) is 9.90. The van der Waals surface area contributed by atoms with Gasteiger partial charge in [-0.25, -0.2) is 4.79 Å². The molecule has 3 rings (SSSR count). The molecule has 0 radical (unpaired) electrons. The summed E-state index contributed by atoms with van der Waals surface area (Å²) in [6.07, 6.45) is 1.33. The molecule has 1 amide bonds. The maximum absolute atomic E-state index is 12.3. The van der Waals surface area contributed by atoms with Crippen LogP contribution in [0.4, 0.5) is 0 Å². The van der Waals surface area contributed by atoms with E-state index in [-0.39, 0.29) is 12.0 Å². The fourth-order valence-corrected chi connectivity index (χ4v) is 2.97. The van der Waals surface area contributed by atoms with Crippen molar-refractivity contribution in [3.05, 3.63) is 65.2 Å². The van der Waals surface area contributed by atoms with Crippen LogP contribution in [0.15, 0.2) is 48.5 Å². The van der Waals surface area contributed by atoms with Crippen LogP contribution < -0.4 is 10.1 Å². The van der Waals surface area contributed by atoms with E-state index in [4.69, 9.17) is 14.2 Å². The third-order valence-electron chi connectivity index (χ3n) is 4.79. The number of ether oxygens (including phenoxy) is 3. The van der Waals surface area contributed by atoms with E-state index in [1.54, 1.807) is 31.2 Å². The molecular formula is C23H27NO5. The van der Waals surface area contributed by atoms with Crippen LogP contribution in [0.1, 0.15) is 41.3 Å². The van der Waals surface area contributed by atoms with Crippen LogP contribution in [-0.4, -0.2) is 37.3 Å². The minimum absolute atomic E-state index is 0.138. The summed E-state index contributed by atoms with van der Waals surface area (Å²) in [5.41, 5.74) is 2.51. The highest BCUT2D eigenvalue weighted by molar-refractivity contribution is 5.92. The van der Waals surface area contributed by atoms with Crippen molar-refractivity contribution < 1.29 is 23.8 Å². The molecule has 1 fully saturated rings. The Kier molecular flexibility index (Phi) is 7.25. The van der Waals surface area contributed by atoms with E-state index in [1.807, 2.05) is 31.2 Å². The van der Waals surface area contributed by atoms with Crippen LogP contribution in [0.25, 0.3) is 0 Å². The molecule has 6 heteroatoms. The van der Waals surface area contributed by atoms with Gasteiger partial charge in [-0.3, -0.25) is 4.79 Å². The topological polar surface area (TPSA) is 73.9 Å². The number of amides is 1. The fraction of sp³-hybridized carbons (Fsp3) is 0.391. The van der Waals surface area contributed by atoms with Gasteiger partial charge in [-0.15, -0.1) is 0 Å². The van der Waals surface area contributed by atoms with Crippen LogP contribution in [0, 0.1) is 6.92 Å². The van der Waals surface area contributed by atoms with Gasteiger partial charge in [0, 0.05) is 13.2 Å². The number of carbonyl (C=O) groups excluding carboxylic acids is 2. The Morgan fingerprint density at radius 3 is 2.52 bits per heavy atom. The van der Waals surface area contributed by atoms with Crippen molar-refractivity contribution in [2.24, 2.45) is 0 Å². The molecule has 0 spiro atoms. The van der Waals surface area contributed by atoms with Crippen LogP contribution in [0.3, 0.4) is 0 Å². The highest BCUT2D eigenvalue weighted by Gasteiger charge is 2.19. The Balaban J connectivity index is 1.44. The molecule has 0 bridgehead atoms. The summed E-state index contributed by atoms with van der Waals surface area (Å²) in [6.45, 7) is 5.24. The summed E-state index contributed by atoms with van der Waals surface area (Å²) in [7, 11) is 0. The lowest BCUT2D eigenvalue weighted by Gasteiger charge is -2.14. The summed E-state index contributed by atoms with van der Waals surface area (Å²) < 4.78 is 16.5. The smallest absolute Gasteiger partial charge is 0.338 e. The molecule has 2 atom stereocenters. The van der Waals surface area contributed by atoms with E-state index in [0.29, 0.717) is 24.5 Å². The number of nitrogens with one attached hydrogen (secondary N) is 1. The van der Waals surface area contributed by atoms with Crippen molar-refractivity contribution in [2.75, 3.05) is 13.2 Å². The minimum Gasteiger partial charge on any atom is -0.491 e. The van der Waals surface area contributed by atoms with Crippen molar-refractivity contribution in [3.8, 4) is 5.75 Å². The zero-order valence-corrected chi connectivity index (χ0v) is 16.9. The van der Waals surface area contributed by atoms with Crippen LogP contribution in [-0.2, 0) is 20.8 Å². The molecule has 1 saturated heterocycles. The Hall–Kier alpha value is -2.86. The number of aryl methyl sites for hydroxylation is 1. The molecule has 0 unspecified atom stereocenters. The average Bonchev–Trinajstić information content (AvgIpc) is 3.25. The van der Waals surface area contributed by atoms with Gasteiger partial charge in [-0.1, -0.05) is 29.8 Å². The van der Waals surface area contributed by atoms with E-state index in [0.717, 1.165) is 30.6 Å². The van der Waals surface area contributed by atoms with E-state index >= 15 is 0 Å². The summed E-state index contributed by atoms with van der Waals surface area (Å²) in [6, 6.07) is 14.6. The molecule has 2 aromatic rings. The molecular weight excluding hydrogens is 370 g/mol. The largest absolute Gasteiger partial charge is 0.491 e. The molecule has 0 aliphatic carbocycles. The maximum Gasteiger partial charge on any atom is 0.338 e. The van der Waals surface area contributed by atoms with Gasteiger partial charge in [-0.2, -0.15) is 0 Å². The Morgan fingerprint density at radius 2 is 1.86 bits per heavy atom. The predicted molar refractivity (Wildman–Crippen MR) is 109 cm³/mol. The van der Waals surface area contributed by atoms with Crippen LogP contribution in [0.5, 0.6) is 5.75 Å².